The van der Waals surface area contributed by atoms with Crippen LogP contribution in [0.3, 0.4) is 0 Å². The quantitative estimate of drug-likeness (QED) is 0.580. The average molecular weight is 395 g/mol. The lowest BCUT2D eigenvalue weighted by molar-refractivity contribution is -0.130. The number of anilines is 1. The Kier molecular flexibility index (Phi) is 7.09. The van der Waals surface area contributed by atoms with E-state index in [0.717, 1.165) is 11.3 Å². The summed E-state index contributed by atoms with van der Waals surface area (Å²) in [5.41, 5.74) is 0.762. The number of Topliss-reactive ketones (excluding diaryl/α,β-unsaturated/α-hetero) is 1. The van der Waals surface area contributed by atoms with Crippen molar-refractivity contribution in [2.75, 3.05) is 44.6 Å². The second kappa shape index (κ2) is 9.09. The first kappa shape index (κ1) is 21.0. The second-order valence-corrected chi connectivity index (χ2v) is 7.39. The van der Waals surface area contributed by atoms with Gasteiger partial charge in [0.15, 0.2) is 5.78 Å². The topological polar surface area (TPSA) is 96.0 Å². The zero-order chi connectivity index (χ0) is 20.1. The molecule has 1 aliphatic heterocycles. The lowest BCUT2D eigenvalue weighted by Crippen LogP contribution is -2.49. The van der Waals surface area contributed by atoms with Crippen molar-refractivity contribution in [3.63, 3.8) is 0 Å². The highest BCUT2D eigenvalue weighted by Crippen LogP contribution is 2.34. The van der Waals surface area contributed by atoms with Crippen molar-refractivity contribution in [2.45, 2.75) is 27.7 Å². The van der Waals surface area contributed by atoms with Gasteiger partial charge in [0.1, 0.15) is 5.00 Å². The number of esters is 1. The Hall–Kier alpha value is -2.26. The summed E-state index contributed by atoms with van der Waals surface area (Å²) < 4.78 is 5.07. The highest BCUT2D eigenvalue weighted by molar-refractivity contribution is 7.18. The summed E-state index contributed by atoms with van der Waals surface area (Å²) in [6.45, 7) is 9.09. The van der Waals surface area contributed by atoms with Crippen LogP contribution in [-0.2, 0) is 14.3 Å². The molecule has 1 aromatic rings. The molecule has 0 bridgehead atoms. The summed E-state index contributed by atoms with van der Waals surface area (Å²) in [7, 11) is 0. The van der Waals surface area contributed by atoms with Crippen LogP contribution in [0, 0.1) is 6.92 Å². The number of nitrogens with one attached hydrogen (secondary N) is 1. The molecule has 2 heterocycles. The van der Waals surface area contributed by atoms with E-state index in [1.807, 2.05) is 4.90 Å². The molecule has 148 valence electrons. The lowest BCUT2D eigenvalue weighted by atomic mass is 10.1. The zero-order valence-electron chi connectivity index (χ0n) is 16.1. The van der Waals surface area contributed by atoms with Crippen LogP contribution in [0.1, 0.15) is 46.4 Å². The zero-order valence-corrected chi connectivity index (χ0v) is 16.9. The third kappa shape index (κ3) is 5.14. The van der Waals surface area contributed by atoms with Gasteiger partial charge in [0.2, 0.25) is 11.8 Å². The lowest BCUT2D eigenvalue weighted by Gasteiger charge is -2.33. The van der Waals surface area contributed by atoms with Gasteiger partial charge in [-0.3, -0.25) is 19.3 Å². The molecule has 2 rings (SSSR count). The number of piperazine rings is 1. The second-order valence-electron chi connectivity index (χ2n) is 6.37. The van der Waals surface area contributed by atoms with E-state index >= 15 is 0 Å². The van der Waals surface area contributed by atoms with E-state index in [9.17, 15) is 19.2 Å². The monoisotopic (exact) mass is 395 g/mol. The maximum atomic E-state index is 12.5. The van der Waals surface area contributed by atoms with Crippen LogP contribution in [0.25, 0.3) is 0 Å². The number of hydrogen-bond acceptors (Lipinski definition) is 7. The molecule has 0 radical (unpaired) electrons. The van der Waals surface area contributed by atoms with E-state index in [1.165, 1.54) is 13.8 Å². The minimum atomic E-state index is -0.552. The Balaban J connectivity index is 2.08. The molecule has 0 unspecified atom stereocenters. The van der Waals surface area contributed by atoms with Gasteiger partial charge in [-0.15, -0.1) is 11.3 Å². The van der Waals surface area contributed by atoms with Gasteiger partial charge >= 0.3 is 5.97 Å². The fraction of sp³-hybridized carbons (Fsp3) is 0.556. The number of carbonyl (C=O) groups is 4. The molecule has 1 aliphatic rings. The van der Waals surface area contributed by atoms with Crippen LogP contribution in [0.4, 0.5) is 5.00 Å². The molecular weight excluding hydrogens is 370 g/mol. The Labute approximate surface area is 162 Å². The molecule has 8 nitrogen and oxygen atoms in total. The van der Waals surface area contributed by atoms with Gasteiger partial charge in [-0.05, 0) is 26.3 Å². The van der Waals surface area contributed by atoms with Crippen molar-refractivity contribution >= 4 is 39.9 Å². The van der Waals surface area contributed by atoms with E-state index in [2.05, 4.69) is 5.32 Å². The van der Waals surface area contributed by atoms with Gasteiger partial charge in [0, 0.05) is 33.1 Å². The fourth-order valence-corrected chi connectivity index (χ4v) is 4.08. The van der Waals surface area contributed by atoms with E-state index in [0.29, 0.717) is 41.6 Å². The van der Waals surface area contributed by atoms with Crippen molar-refractivity contribution in [1.82, 2.24) is 9.80 Å². The predicted octanol–water partition coefficient (Wildman–Crippen LogP) is 1.54. The largest absolute Gasteiger partial charge is 0.462 e. The van der Waals surface area contributed by atoms with Crippen molar-refractivity contribution in [1.29, 1.82) is 0 Å². The van der Waals surface area contributed by atoms with Crippen LogP contribution in [0.15, 0.2) is 0 Å². The molecule has 1 fully saturated rings. The normalized spacial score (nSPS) is 14.7. The first-order chi connectivity index (χ1) is 12.7. The summed E-state index contributed by atoms with van der Waals surface area (Å²) >= 11 is 1.09. The molecule has 0 aliphatic carbocycles. The van der Waals surface area contributed by atoms with Gasteiger partial charge < -0.3 is 15.0 Å². The first-order valence-electron chi connectivity index (χ1n) is 8.83. The maximum Gasteiger partial charge on any atom is 0.341 e. The van der Waals surface area contributed by atoms with Gasteiger partial charge in [-0.2, -0.15) is 0 Å². The van der Waals surface area contributed by atoms with Gasteiger partial charge in [0.05, 0.1) is 23.6 Å². The standard InChI is InChI=1S/C18H25N3O5S/c1-5-26-18(25)15-11(2)16(12(3)22)27-17(15)19-14(24)10-20-6-8-21(9-7-20)13(4)23/h5-10H2,1-4H3,(H,19,24). The number of ketones is 1. The van der Waals surface area contributed by atoms with E-state index < -0.39 is 5.97 Å². The Morgan fingerprint density at radius 3 is 2.26 bits per heavy atom. The van der Waals surface area contributed by atoms with Crippen LogP contribution < -0.4 is 5.32 Å². The summed E-state index contributed by atoms with van der Waals surface area (Å²) in [4.78, 5) is 52.0. The summed E-state index contributed by atoms with van der Waals surface area (Å²) in [6, 6.07) is 0. The van der Waals surface area contributed by atoms with Gasteiger partial charge in [-0.1, -0.05) is 0 Å². The Morgan fingerprint density at radius 2 is 1.74 bits per heavy atom. The predicted molar refractivity (Wildman–Crippen MR) is 102 cm³/mol. The molecule has 0 saturated carbocycles. The highest BCUT2D eigenvalue weighted by atomic mass is 32.1. The Bertz CT molecular complexity index is 750. The van der Waals surface area contributed by atoms with E-state index in [-0.39, 0.29) is 36.3 Å². The molecule has 9 heteroatoms. The average Bonchev–Trinajstić information content (AvgIpc) is 2.91. The number of rotatable bonds is 6. The molecular formula is C18H25N3O5S. The number of nitrogens with zero attached hydrogens (tertiary/aromatic N) is 2. The summed E-state index contributed by atoms with van der Waals surface area (Å²) in [6.07, 6.45) is 0. The fourth-order valence-electron chi connectivity index (χ4n) is 2.98. The number of amides is 2. The first-order valence-corrected chi connectivity index (χ1v) is 9.65. The number of carbonyl (C=O) groups excluding carboxylic acids is 4. The minimum absolute atomic E-state index is 0.0315. The highest BCUT2D eigenvalue weighted by Gasteiger charge is 2.26. The third-order valence-corrected chi connectivity index (χ3v) is 5.69. The van der Waals surface area contributed by atoms with Crippen molar-refractivity contribution in [3.05, 3.63) is 16.0 Å². The summed E-state index contributed by atoms with van der Waals surface area (Å²) in [5, 5.41) is 3.09. The minimum Gasteiger partial charge on any atom is -0.462 e. The molecule has 1 saturated heterocycles. The molecule has 0 atom stereocenters. The number of ether oxygens (including phenoxy) is 1. The Morgan fingerprint density at radius 1 is 1.11 bits per heavy atom. The smallest absolute Gasteiger partial charge is 0.341 e. The van der Waals surface area contributed by atoms with Gasteiger partial charge in [-0.25, -0.2) is 4.79 Å². The third-order valence-electron chi connectivity index (χ3n) is 4.38. The molecule has 27 heavy (non-hydrogen) atoms. The van der Waals surface area contributed by atoms with Crippen LogP contribution in [0.5, 0.6) is 0 Å². The van der Waals surface area contributed by atoms with Crippen LogP contribution in [-0.4, -0.2) is 72.7 Å². The maximum absolute atomic E-state index is 12.5. The van der Waals surface area contributed by atoms with Crippen molar-refractivity contribution < 1.29 is 23.9 Å². The molecule has 1 aromatic heterocycles. The molecule has 0 aromatic carbocycles. The molecule has 1 N–H and O–H groups in total. The number of thiophene rings is 1. The van der Waals surface area contributed by atoms with E-state index in [4.69, 9.17) is 4.74 Å². The van der Waals surface area contributed by atoms with E-state index in [1.54, 1.807) is 18.7 Å². The van der Waals surface area contributed by atoms with Crippen molar-refractivity contribution in [2.24, 2.45) is 0 Å². The molecule has 0 spiro atoms. The number of hydrogen-bond donors (Lipinski definition) is 1. The van der Waals surface area contributed by atoms with Crippen LogP contribution >= 0.6 is 11.3 Å². The summed E-state index contributed by atoms with van der Waals surface area (Å²) in [5.74, 6) is -0.954. The molecule has 2 amide bonds. The van der Waals surface area contributed by atoms with Crippen LogP contribution in [0.2, 0.25) is 0 Å². The van der Waals surface area contributed by atoms with Crippen molar-refractivity contribution in [3.8, 4) is 0 Å². The van der Waals surface area contributed by atoms with Gasteiger partial charge in [0.25, 0.3) is 0 Å². The SMILES string of the molecule is CCOC(=O)c1c(NC(=O)CN2CCN(C(C)=O)CC2)sc(C(C)=O)c1C.